The van der Waals surface area contributed by atoms with Crippen LogP contribution in [0.5, 0.6) is 0 Å². The lowest BCUT2D eigenvalue weighted by Crippen LogP contribution is -2.47. The number of carbonyl (C=O) groups excluding carboxylic acids is 4. The fraction of sp³-hybridized carbons (Fsp3) is 0.500. The molecule has 0 aliphatic heterocycles. The standard InChI is InChI=1S/C20H28N2O8/c1-13(9-17(25)28-2)18(19(26)29-3)22-16(24)10-15(23)11-21-20(27)30-12-14-7-5-4-6-8-14/h4-8,13,15,18,23H,9-12H2,1-3H3,(H,21,27)(H,22,24)/t13-,15+,18+/m0/s1. The molecule has 10 heteroatoms. The number of ether oxygens (including phenoxy) is 3. The van der Waals surface area contributed by atoms with E-state index < -0.39 is 42.0 Å². The number of rotatable bonds is 11. The molecule has 0 saturated carbocycles. The number of hydrogen-bond donors (Lipinski definition) is 3. The molecule has 0 unspecified atom stereocenters. The van der Waals surface area contributed by atoms with Gasteiger partial charge in [-0.1, -0.05) is 37.3 Å². The lowest BCUT2D eigenvalue weighted by Gasteiger charge is -2.22. The molecule has 0 aliphatic rings. The molecular formula is C20H28N2O8. The number of hydrogen-bond acceptors (Lipinski definition) is 8. The van der Waals surface area contributed by atoms with Crippen molar-refractivity contribution < 1.29 is 38.5 Å². The van der Waals surface area contributed by atoms with Crippen molar-refractivity contribution in [2.45, 2.75) is 38.5 Å². The Morgan fingerprint density at radius 3 is 2.30 bits per heavy atom. The predicted molar refractivity (Wildman–Crippen MR) is 105 cm³/mol. The molecule has 166 valence electrons. The lowest BCUT2D eigenvalue weighted by atomic mass is 9.98. The summed E-state index contributed by atoms with van der Waals surface area (Å²) in [6.07, 6.45) is -2.42. The Kier molecular flexibility index (Phi) is 10.9. The molecule has 1 aromatic carbocycles. The number of methoxy groups -OCH3 is 2. The zero-order valence-electron chi connectivity index (χ0n) is 17.3. The summed E-state index contributed by atoms with van der Waals surface area (Å²) in [7, 11) is 2.38. The van der Waals surface area contributed by atoms with Gasteiger partial charge in [0.15, 0.2) is 0 Å². The van der Waals surface area contributed by atoms with Crippen LogP contribution in [-0.2, 0) is 35.2 Å². The minimum absolute atomic E-state index is 0.0716. The zero-order valence-corrected chi connectivity index (χ0v) is 17.3. The summed E-state index contributed by atoms with van der Waals surface area (Å²) in [4.78, 5) is 47.2. The van der Waals surface area contributed by atoms with Crippen molar-refractivity contribution in [3.63, 3.8) is 0 Å². The third-order valence-corrected chi connectivity index (χ3v) is 4.17. The van der Waals surface area contributed by atoms with E-state index in [1.165, 1.54) is 7.11 Å². The van der Waals surface area contributed by atoms with Crippen molar-refractivity contribution in [1.82, 2.24) is 10.6 Å². The molecule has 0 saturated heterocycles. The zero-order chi connectivity index (χ0) is 22.5. The normalized spacial score (nSPS) is 13.3. The SMILES string of the molecule is COC(=O)C[C@H](C)[C@@H](NC(=O)C[C@@H](O)CNC(=O)OCc1ccccc1)C(=O)OC. The smallest absolute Gasteiger partial charge is 0.407 e. The summed E-state index contributed by atoms with van der Waals surface area (Å²) in [5, 5.41) is 14.8. The van der Waals surface area contributed by atoms with Crippen molar-refractivity contribution in [3.8, 4) is 0 Å². The summed E-state index contributed by atoms with van der Waals surface area (Å²) < 4.78 is 14.2. The van der Waals surface area contributed by atoms with Crippen molar-refractivity contribution in [1.29, 1.82) is 0 Å². The van der Waals surface area contributed by atoms with Crippen LogP contribution in [-0.4, -0.2) is 62.0 Å². The molecule has 0 bridgehead atoms. The van der Waals surface area contributed by atoms with Crippen molar-refractivity contribution in [2.24, 2.45) is 5.92 Å². The van der Waals surface area contributed by atoms with Crippen molar-refractivity contribution in [3.05, 3.63) is 35.9 Å². The van der Waals surface area contributed by atoms with E-state index in [1.807, 2.05) is 18.2 Å². The van der Waals surface area contributed by atoms with Gasteiger partial charge in [0.2, 0.25) is 5.91 Å². The number of aliphatic hydroxyl groups is 1. The van der Waals surface area contributed by atoms with Crippen LogP contribution in [0.3, 0.4) is 0 Å². The number of esters is 2. The number of alkyl carbamates (subject to hydrolysis) is 1. The molecule has 0 spiro atoms. The van der Waals surface area contributed by atoms with Crippen LogP contribution >= 0.6 is 0 Å². The van der Waals surface area contributed by atoms with Gasteiger partial charge in [-0.15, -0.1) is 0 Å². The Morgan fingerprint density at radius 1 is 1.03 bits per heavy atom. The first kappa shape index (κ1) is 24.9. The Balaban J connectivity index is 2.43. The third kappa shape index (κ3) is 9.37. The van der Waals surface area contributed by atoms with E-state index in [2.05, 4.69) is 20.1 Å². The van der Waals surface area contributed by atoms with Crippen LogP contribution in [0.2, 0.25) is 0 Å². The van der Waals surface area contributed by atoms with E-state index in [4.69, 9.17) is 4.74 Å². The molecule has 10 nitrogen and oxygen atoms in total. The van der Waals surface area contributed by atoms with E-state index >= 15 is 0 Å². The molecule has 30 heavy (non-hydrogen) atoms. The fourth-order valence-corrected chi connectivity index (χ4v) is 2.52. The van der Waals surface area contributed by atoms with Gasteiger partial charge in [-0.2, -0.15) is 0 Å². The van der Waals surface area contributed by atoms with Crippen LogP contribution in [0.25, 0.3) is 0 Å². The van der Waals surface area contributed by atoms with Gasteiger partial charge in [-0.05, 0) is 11.5 Å². The first-order valence-electron chi connectivity index (χ1n) is 9.33. The van der Waals surface area contributed by atoms with Gasteiger partial charge < -0.3 is 30.0 Å². The van der Waals surface area contributed by atoms with E-state index in [0.717, 1.165) is 12.7 Å². The van der Waals surface area contributed by atoms with Gasteiger partial charge in [0.1, 0.15) is 12.6 Å². The number of nitrogens with one attached hydrogen (secondary N) is 2. The highest BCUT2D eigenvalue weighted by atomic mass is 16.5. The van der Waals surface area contributed by atoms with Crippen LogP contribution in [0, 0.1) is 5.92 Å². The second-order valence-electron chi connectivity index (χ2n) is 6.63. The Labute approximate surface area is 174 Å². The Bertz CT molecular complexity index is 710. The van der Waals surface area contributed by atoms with Crippen LogP contribution < -0.4 is 10.6 Å². The number of benzene rings is 1. The van der Waals surface area contributed by atoms with Gasteiger partial charge in [-0.25, -0.2) is 9.59 Å². The average molecular weight is 424 g/mol. The molecular weight excluding hydrogens is 396 g/mol. The monoisotopic (exact) mass is 424 g/mol. The highest BCUT2D eigenvalue weighted by Gasteiger charge is 2.30. The fourth-order valence-electron chi connectivity index (χ4n) is 2.52. The van der Waals surface area contributed by atoms with Crippen LogP contribution in [0.15, 0.2) is 30.3 Å². The molecule has 1 aromatic rings. The van der Waals surface area contributed by atoms with E-state index in [-0.39, 0.29) is 26.0 Å². The van der Waals surface area contributed by atoms with Crippen LogP contribution in [0.1, 0.15) is 25.3 Å². The van der Waals surface area contributed by atoms with Gasteiger partial charge in [0.25, 0.3) is 0 Å². The Hall–Kier alpha value is -3.14. The molecule has 3 atom stereocenters. The second-order valence-corrected chi connectivity index (χ2v) is 6.63. The minimum Gasteiger partial charge on any atom is -0.469 e. The lowest BCUT2D eigenvalue weighted by molar-refractivity contribution is -0.148. The third-order valence-electron chi connectivity index (χ3n) is 4.17. The summed E-state index contributed by atoms with van der Waals surface area (Å²) in [5.74, 6) is -2.49. The topological polar surface area (TPSA) is 140 Å². The molecule has 0 fully saturated rings. The summed E-state index contributed by atoms with van der Waals surface area (Å²) >= 11 is 0. The average Bonchev–Trinajstić information content (AvgIpc) is 2.74. The van der Waals surface area contributed by atoms with Crippen molar-refractivity contribution in [2.75, 3.05) is 20.8 Å². The summed E-state index contributed by atoms with van der Waals surface area (Å²) in [6, 6.07) is 7.97. The largest absolute Gasteiger partial charge is 0.469 e. The maximum Gasteiger partial charge on any atom is 0.407 e. The summed E-state index contributed by atoms with van der Waals surface area (Å²) in [6.45, 7) is 1.43. The van der Waals surface area contributed by atoms with Crippen LogP contribution in [0.4, 0.5) is 4.79 Å². The van der Waals surface area contributed by atoms with Gasteiger partial charge in [0.05, 0.1) is 33.2 Å². The molecule has 0 aliphatic carbocycles. The second kappa shape index (κ2) is 13.2. The highest BCUT2D eigenvalue weighted by Crippen LogP contribution is 2.11. The molecule has 3 N–H and O–H groups in total. The molecule has 2 amide bonds. The van der Waals surface area contributed by atoms with Gasteiger partial charge >= 0.3 is 18.0 Å². The quantitative estimate of drug-likeness (QED) is 0.345. The number of aliphatic hydroxyl groups excluding tert-OH is 1. The highest BCUT2D eigenvalue weighted by molar-refractivity contribution is 5.85. The van der Waals surface area contributed by atoms with Crippen molar-refractivity contribution >= 4 is 23.9 Å². The van der Waals surface area contributed by atoms with Gasteiger partial charge in [0, 0.05) is 6.54 Å². The minimum atomic E-state index is -1.21. The molecule has 1 rings (SSSR count). The first-order chi connectivity index (χ1) is 14.3. The van der Waals surface area contributed by atoms with E-state index in [9.17, 15) is 24.3 Å². The van der Waals surface area contributed by atoms with E-state index in [1.54, 1.807) is 19.1 Å². The van der Waals surface area contributed by atoms with E-state index in [0.29, 0.717) is 0 Å². The molecule has 0 radical (unpaired) electrons. The maximum absolute atomic E-state index is 12.2. The first-order valence-corrected chi connectivity index (χ1v) is 9.33. The summed E-state index contributed by atoms with van der Waals surface area (Å²) in [5.41, 5.74) is 0.808. The number of amides is 2. The number of carbonyl (C=O) groups is 4. The molecule has 0 aromatic heterocycles. The van der Waals surface area contributed by atoms with Gasteiger partial charge in [-0.3, -0.25) is 9.59 Å². The Morgan fingerprint density at radius 2 is 1.70 bits per heavy atom. The predicted octanol–water partition coefficient (Wildman–Crippen LogP) is 0.521. The maximum atomic E-state index is 12.2. The molecule has 0 heterocycles.